The van der Waals surface area contributed by atoms with Gasteiger partial charge >= 0.3 is 0 Å². The van der Waals surface area contributed by atoms with Gasteiger partial charge in [-0.1, -0.05) is 27.3 Å². The van der Waals surface area contributed by atoms with E-state index in [9.17, 15) is 9.59 Å². The molecule has 0 atom stereocenters. The van der Waals surface area contributed by atoms with E-state index in [1.54, 1.807) is 0 Å². The second-order valence-electron chi connectivity index (χ2n) is 5.05. The predicted octanol–water partition coefficient (Wildman–Crippen LogP) is 3.06. The van der Waals surface area contributed by atoms with E-state index in [0.717, 1.165) is 15.0 Å². The number of halogens is 1. The van der Waals surface area contributed by atoms with Crippen molar-refractivity contribution in [3.8, 4) is 0 Å². The number of nitrogens with one attached hydrogen (secondary N) is 1. The third-order valence-corrected chi connectivity index (χ3v) is 4.92. The molecule has 1 aliphatic rings. The summed E-state index contributed by atoms with van der Waals surface area (Å²) in [7, 11) is 0. The van der Waals surface area contributed by atoms with Crippen LogP contribution in [0.3, 0.4) is 0 Å². The fourth-order valence-electron chi connectivity index (χ4n) is 2.35. The standard InChI is InChI=1S/C15H14BrN3O2S/c1-9(20)17-15-18-12-6-7-19(8-13(12)22-15)14(21)10-2-4-11(16)5-3-10/h2-5H,6-8H2,1H3,(H,17,18,20). The third-order valence-electron chi connectivity index (χ3n) is 3.39. The van der Waals surface area contributed by atoms with Crippen molar-refractivity contribution in [1.29, 1.82) is 0 Å². The zero-order valence-corrected chi connectivity index (χ0v) is 14.3. The summed E-state index contributed by atoms with van der Waals surface area (Å²) in [6, 6.07) is 7.36. The van der Waals surface area contributed by atoms with E-state index in [0.29, 0.717) is 30.2 Å². The number of rotatable bonds is 2. The van der Waals surface area contributed by atoms with Gasteiger partial charge in [0.05, 0.1) is 12.2 Å². The van der Waals surface area contributed by atoms with E-state index in [-0.39, 0.29) is 11.8 Å². The van der Waals surface area contributed by atoms with Gasteiger partial charge in [0, 0.05) is 34.8 Å². The van der Waals surface area contributed by atoms with Crippen LogP contribution in [0.25, 0.3) is 0 Å². The lowest BCUT2D eigenvalue weighted by molar-refractivity contribution is -0.114. The van der Waals surface area contributed by atoms with Crippen molar-refractivity contribution in [2.45, 2.75) is 19.9 Å². The molecule has 0 aliphatic carbocycles. The maximum Gasteiger partial charge on any atom is 0.254 e. The molecule has 0 fully saturated rings. The Balaban J connectivity index is 1.76. The molecule has 5 nitrogen and oxygen atoms in total. The van der Waals surface area contributed by atoms with E-state index in [1.165, 1.54) is 18.3 Å². The van der Waals surface area contributed by atoms with Crippen molar-refractivity contribution in [3.05, 3.63) is 44.9 Å². The molecular formula is C15H14BrN3O2S. The van der Waals surface area contributed by atoms with Crippen LogP contribution in [0.2, 0.25) is 0 Å². The molecule has 0 bridgehead atoms. The lowest BCUT2D eigenvalue weighted by atomic mass is 10.1. The van der Waals surface area contributed by atoms with Gasteiger partial charge in [0.15, 0.2) is 5.13 Å². The van der Waals surface area contributed by atoms with Crippen LogP contribution in [0.5, 0.6) is 0 Å². The first-order valence-electron chi connectivity index (χ1n) is 6.84. The Kier molecular flexibility index (Phi) is 4.26. The molecule has 0 unspecified atom stereocenters. The molecule has 3 rings (SSSR count). The number of thiazole rings is 1. The summed E-state index contributed by atoms with van der Waals surface area (Å²) in [4.78, 5) is 30.9. The summed E-state index contributed by atoms with van der Waals surface area (Å²) in [5.41, 5.74) is 1.66. The highest BCUT2D eigenvalue weighted by Crippen LogP contribution is 2.29. The Morgan fingerprint density at radius 2 is 2.05 bits per heavy atom. The summed E-state index contributed by atoms with van der Waals surface area (Å²) < 4.78 is 0.951. The Labute approximate surface area is 140 Å². The average molecular weight is 380 g/mol. The van der Waals surface area contributed by atoms with Crippen molar-refractivity contribution >= 4 is 44.2 Å². The summed E-state index contributed by atoms with van der Waals surface area (Å²) >= 11 is 4.81. The Hall–Kier alpha value is -1.73. The fourth-order valence-corrected chi connectivity index (χ4v) is 3.68. The number of aromatic nitrogens is 1. The van der Waals surface area contributed by atoms with Crippen LogP contribution in [0.4, 0.5) is 5.13 Å². The molecule has 2 amide bonds. The maximum atomic E-state index is 12.5. The first kappa shape index (κ1) is 15.2. The van der Waals surface area contributed by atoms with Gasteiger partial charge in [0.1, 0.15) is 0 Å². The van der Waals surface area contributed by atoms with Crippen LogP contribution in [0.15, 0.2) is 28.7 Å². The molecule has 0 spiro atoms. The van der Waals surface area contributed by atoms with E-state index < -0.39 is 0 Å². The fraction of sp³-hybridized carbons (Fsp3) is 0.267. The average Bonchev–Trinajstić information content (AvgIpc) is 2.87. The summed E-state index contributed by atoms with van der Waals surface area (Å²) in [5.74, 6) is -0.110. The number of carbonyl (C=O) groups is 2. The minimum Gasteiger partial charge on any atom is -0.333 e. The van der Waals surface area contributed by atoms with Gasteiger partial charge in [-0.25, -0.2) is 4.98 Å². The Morgan fingerprint density at radius 1 is 1.32 bits per heavy atom. The quantitative estimate of drug-likeness (QED) is 0.871. The number of carbonyl (C=O) groups excluding carboxylic acids is 2. The van der Waals surface area contributed by atoms with E-state index in [4.69, 9.17) is 0 Å². The second-order valence-corrected chi connectivity index (χ2v) is 7.05. The van der Waals surface area contributed by atoms with Crippen LogP contribution in [0, 0.1) is 0 Å². The summed E-state index contributed by atoms with van der Waals surface area (Å²) in [6.07, 6.45) is 0.716. The van der Waals surface area contributed by atoms with Crippen molar-refractivity contribution in [2.75, 3.05) is 11.9 Å². The number of fused-ring (bicyclic) bond motifs is 1. The largest absolute Gasteiger partial charge is 0.333 e. The molecule has 7 heteroatoms. The number of hydrogen-bond donors (Lipinski definition) is 1. The van der Waals surface area contributed by atoms with Crippen LogP contribution < -0.4 is 5.32 Å². The third kappa shape index (κ3) is 3.20. The summed E-state index contributed by atoms with van der Waals surface area (Å²) in [5, 5.41) is 3.31. The second kappa shape index (κ2) is 6.18. The number of hydrogen-bond acceptors (Lipinski definition) is 4. The highest BCUT2D eigenvalue weighted by molar-refractivity contribution is 9.10. The zero-order chi connectivity index (χ0) is 15.7. The molecule has 0 saturated heterocycles. The van der Waals surface area contributed by atoms with E-state index in [1.807, 2.05) is 29.2 Å². The molecule has 0 radical (unpaired) electrons. The lowest BCUT2D eigenvalue weighted by Gasteiger charge is -2.26. The minimum absolute atomic E-state index is 0.0210. The van der Waals surface area contributed by atoms with Crippen LogP contribution in [-0.2, 0) is 17.8 Å². The molecular weight excluding hydrogens is 366 g/mol. The molecule has 1 aromatic heterocycles. The van der Waals surface area contributed by atoms with Gasteiger partial charge in [-0.05, 0) is 24.3 Å². The normalized spacial score (nSPS) is 13.6. The highest BCUT2D eigenvalue weighted by atomic mass is 79.9. The van der Waals surface area contributed by atoms with Gasteiger partial charge in [0.25, 0.3) is 5.91 Å². The van der Waals surface area contributed by atoms with Gasteiger partial charge in [-0.3, -0.25) is 9.59 Å². The number of amides is 2. The molecule has 2 heterocycles. The Bertz CT molecular complexity index is 727. The molecule has 22 heavy (non-hydrogen) atoms. The van der Waals surface area contributed by atoms with Crippen molar-refractivity contribution in [1.82, 2.24) is 9.88 Å². The van der Waals surface area contributed by atoms with Gasteiger partial charge in [-0.15, -0.1) is 0 Å². The van der Waals surface area contributed by atoms with Crippen molar-refractivity contribution < 1.29 is 9.59 Å². The molecule has 1 aliphatic heterocycles. The van der Waals surface area contributed by atoms with E-state index in [2.05, 4.69) is 26.2 Å². The maximum absolute atomic E-state index is 12.5. The highest BCUT2D eigenvalue weighted by Gasteiger charge is 2.25. The monoisotopic (exact) mass is 379 g/mol. The van der Waals surface area contributed by atoms with Crippen LogP contribution in [0.1, 0.15) is 27.9 Å². The molecule has 1 aromatic carbocycles. The number of nitrogens with zero attached hydrogens (tertiary/aromatic N) is 2. The predicted molar refractivity (Wildman–Crippen MR) is 89.0 cm³/mol. The minimum atomic E-state index is -0.131. The van der Waals surface area contributed by atoms with Crippen molar-refractivity contribution in [2.24, 2.45) is 0 Å². The zero-order valence-electron chi connectivity index (χ0n) is 11.9. The van der Waals surface area contributed by atoms with Gasteiger partial charge < -0.3 is 10.2 Å². The number of benzene rings is 1. The SMILES string of the molecule is CC(=O)Nc1nc2c(s1)CN(C(=O)c1ccc(Br)cc1)CC2. The molecule has 2 aromatic rings. The topological polar surface area (TPSA) is 62.3 Å². The van der Waals surface area contributed by atoms with Crippen LogP contribution in [-0.4, -0.2) is 28.2 Å². The van der Waals surface area contributed by atoms with E-state index >= 15 is 0 Å². The first-order valence-corrected chi connectivity index (χ1v) is 8.45. The lowest BCUT2D eigenvalue weighted by Crippen LogP contribution is -2.35. The summed E-state index contributed by atoms with van der Waals surface area (Å²) in [6.45, 7) is 2.65. The molecule has 1 N–H and O–H groups in total. The van der Waals surface area contributed by atoms with Crippen LogP contribution >= 0.6 is 27.3 Å². The smallest absolute Gasteiger partial charge is 0.254 e. The van der Waals surface area contributed by atoms with Gasteiger partial charge in [0.2, 0.25) is 5.91 Å². The van der Waals surface area contributed by atoms with Gasteiger partial charge in [-0.2, -0.15) is 0 Å². The Morgan fingerprint density at radius 3 is 2.73 bits per heavy atom. The van der Waals surface area contributed by atoms with Crippen molar-refractivity contribution in [3.63, 3.8) is 0 Å². The number of anilines is 1. The molecule has 0 saturated carbocycles. The first-order chi connectivity index (χ1) is 10.5. The molecule has 114 valence electrons.